The predicted molar refractivity (Wildman–Crippen MR) is 82.7 cm³/mol. The van der Waals surface area contributed by atoms with Crippen molar-refractivity contribution in [1.82, 2.24) is 0 Å². The second kappa shape index (κ2) is 6.19. The van der Waals surface area contributed by atoms with E-state index in [2.05, 4.69) is 10.6 Å². The maximum Gasteiger partial charge on any atom is 0.175 e. The average Bonchev–Trinajstić information content (AvgIpc) is 2.38. The van der Waals surface area contributed by atoms with Gasteiger partial charge < -0.3 is 10.6 Å². The van der Waals surface area contributed by atoms with Gasteiger partial charge in [0.25, 0.3) is 0 Å². The SMILES string of the molecule is Fc1ccc(NC(=S)Nc2cccc(Cl)c2Cl)cc1. The molecule has 19 heavy (non-hydrogen) atoms. The van der Waals surface area contributed by atoms with E-state index in [0.29, 0.717) is 26.5 Å². The highest BCUT2D eigenvalue weighted by Gasteiger charge is 2.06. The molecule has 0 aliphatic heterocycles. The normalized spacial score (nSPS) is 10.1. The van der Waals surface area contributed by atoms with Crippen molar-refractivity contribution in [2.45, 2.75) is 0 Å². The molecule has 0 amide bonds. The summed E-state index contributed by atoms with van der Waals surface area (Å²) in [5, 5.41) is 7.02. The zero-order valence-electron chi connectivity index (χ0n) is 9.58. The van der Waals surface area contributed by atoms with Crippen LogP contribution in [0.5, 0.6) is 0 Å². The minimum Gasteiger partial charge on any atom is -0.332 e. The van der Waals surface area contributed by atoms with Crippen LogP contribution in [0.3, 0.4) is 0 Å². The first-order valence-corrected chi connectivity index (χ1v) is 6.50. The molecule has 0 spiro atoms. The highest BCUT2D eigenvalue weighted by atomic mass is 35.5. The highest BCUT2D eigenvalue weighted by Crippen LogP contribution is 2.29. The summed E-state index contributed by atoms with van der Waals surface area (Å²) in [7, 11) is 0. The summed E-state index contributed by atoms with van der Waals surface area (Å²) in [5.74, 6) is -0.303. The van der Waals surface area contributed by atoms with Crippen LogP contribution in [0.25, 0.3) is 0 Å². The summed E-state index contributed by atoms with van der Waals surface area (Å²) in [5.41, 5.74) is 1.28. The van der Waals surface area contributed by atoms with Gasteiger partial charge >= 0.3 is 0 Å². The quantitative estimate of drug-likeness (QED) is 0.768. The molecule has 0 aliphatic rings. The molecule has 0 heterocycles. The first-order chi connectivity index (χ1) is 9.06. The van der Waals surface area contributed by atoms with Crippen molar-refractivity contribution >= 4 is 51.9 Å². The molecule has 0 aliphatic carbocycles. The molecule has 0 radical (unpaired) electrons. The molecule has 2 rings (SSSR count). The number of hydrogen-bond donors (Lipinski definition) is 2. The number of nitrogens with one attached hydrogen (secondary N) is 2. The molecule has 2 N–H and O–H groups in total. The van der Waals surface area contributed by atoms with Crippen molar-refractivity contribution in [1.29, 1.82) is 0 Å². The average molecular weight is 315 g/mol. The molecular weight excluding hydrogens is 306 g/mol. The smallest absolute Gasteiger partial charge is 0.175 e. The third-order valence-corrected chi connectivity index (χ3v) is 3.32. The van der Waals surface area contributed by atoms with E-state index in [1.807, 2.05) is 0 Å². The Morgan fingerprint density at radius 1 is 1.00 bits per heavy atom. The Balaban J connectivity index is 2.05. The lowest BCUT2D eigenvalue weighted by atomic mass is 10.3. The third kappa shape index (κ3) is 3.80. The molecule has 2 aromatic rings. The van der Waals surface area contributed by atoms with Crippen molar-refractivity contribution in [3.05, 3.63) is 58.3 Å². The minimum absolute atomic E-state index is 0.303. The van der Waals surface area contributed by atoms with Crippen LogP contribution in [0.15, 0.2) is 42.5 Å². The van der Waals surface area contributed by atoms with E-state index in [-0.39, 0.29) is 5.82 Å². The van der Waals surface area contributed by atoms with E-state index in [4.69, 9.17) is 35.4 Å². The first-order valence-electron chi connectivity index (χ1n) is 5.34. The molecule has 0 bridgehead atoms. The molecule has 0 saturated heterocycles. The number of rotatable bonds is 2. The zero-order valence-corrected chi connectivity index (χ0v) is 11.9. The zero-order chi connectivity index (χ0) is 13.8. The van der Waals surface area contributed by atoms with E-state index in [0.717, 1.165) is 0 Å². The van der Waals surface area contributed by atoms with Gasteiger partial charge in [0.05, 0.1) is 15.7 Å². The number of anilines is 2. The summed E-state index contributed by atoms with van der Waals surface area (Å²) in [4.78, 5) is 0. The van der Waals surface area contributed by atoms with E-state index in [1.54, 1.807) is 30.3 Å². The summed E-state index contributed by atoms with van der Waals surface area (Å²) >= 11 is 17.1. The number of benzene rings is 2. The highest BCUT2D eigenvalue weighted by molar-refractivity contribution is 7.80. The van der Waals surface area contributed by atoms with Gasteiger partial charge in [0.1, 0.15) is 5.82 Å². The van der Waals surface area contributed by atoms with Crippen molar-refractivity contribution < 1.29 is 4.39 Å². The van der Waals surface area contributed by atoms with Gasteiger partial charge in [0.2, 0.25) is 0 Å². The number of hydrogen-bond acceptors (Lipinski definition) is 1. The maximum atomic E-state index is 12.8. The van der Waals surface area contributed by atoms with Crippen LogP contribution < -0.4 is 10.6 Å². The monoisotopic (exact) mass is 314 g/mol. The van der Waals surface area contributed by atoms with Gasteiger partial charge in [-0.25, -0.2) is 4.39 Å². The van der Waals surface area contributed by atoms with E-state index in [1.165, 1.54) is 12.1 Å². The van der Waals surface area contributed by atoms with Crippen molar-refractivity contribution in [3.8, 4) is 0 Å². The first kappa shape index (κ1) is 14.1. The second-order valence-corrected chi connectivity index (χ2v) is 4.88. The lowest BCUT2D eigenvalue weighted by molar-refractivity contribution is 0.628. The molecule has 0 atom stereocenters. The lowest BCUT2D eigenvalue weighted by Gasteiger charge is -2.12. The Kier molecular flexibility index (Phi) is 4.58. The van der Waals surface area contributed by atoms with Crippen LogP contribution in [-0.2, 0) is 0 Å². The molecular formula is C13H9Cl2FN2S. The molecule has 0 unspecified atom stereocenters. The Labute approximate surface area is 125 Å². The standard InChI is InChI=1S/C13H9Cl2FN2S/c14-10-2-1-3-11(12(10)15)18-13(19)17-9-6-4-8(16)5-7-9/h1-7H,(H2,17,18,19). The van der Waals surface area contributed by atoms with Gasteiger partial charge in [-0.2, -0.15) is 0 Å². The van der Waals surface area contributed by atoms with E-state index >= 15 is 0 Å². The molecule has 0 aromatic heterocycles. The molecule has 2 nitrogen and oxygen atoms in total. The summed E-state index contributed by atoms with van der Waals surface area (Å²) in [6.45, 7) is 0. The van der Waals surface area contributed by atoms with E-state index < -0.39 is 0 Å². The maximum absolute atomic E-state index is 12.8. The van der Waals surface area contributed by atoms with Gasteiger partial charge in [-0.1, -0.05) is 29.3 Å². The van der Waals surface area contributed by atoms with E-state index in [9.17, 15) is 4.39 Å². The van der Waals surface area contributed by atoms with Crippen molar-refractivity contribution in [3.63, 3.8) is 0 Å². The third-order valence-electron chi connectivity index (χ3n) is 2.30. The van der Waals surface area contributed by atoms with Gasteiger partial charge in [0.15, 0.2) is 5.11 Å². The molecule has 2 aromatic carbocycles. The summed E-state index contributed by atoms with van der Waals surface area (Å²) in [6, 6.07) is 11.1. The van der Waals surface area contributed by atoms with Crippen LogP contribution in [-0.4, -0.2) is 5.11 Å². The topological polar surface area (TPSA) is 24.1 Å². The minimum atomic E-state index is -0.303. The fraction of sp³-hybridized carbons (Fsp3) is 0. The van der Waals surface area contributed by atoms with Crippen LogP contribution in [0.4, 0.5) is 15.8 Å². The molecule has 6 heteroatoms. The Hall–Kier alpha value is -1.36. The Morgan fingerprint density at radius 2 is 1.68 bits per heavy atom. The lowest BCUT2D eigenvalue weighted by Crippen LogP contribution is -2.19. The summed E-state index contributed by atoms with van der Waals surface area (Å²) < 4.78 is 12.8. The van der Waals surface area contributed by atoms with Crippen molar-refractivity contribution in [2.75, 3.05) is 10.6 Å². The van der Waals surface area contributed by atoms with Crippen LogP contribution >= 0.6 is 35.4 Å². The number of halogens is 3. The summed E-state index contributed by atoms with van der Waals surface area (Å²) in [6.07, 6.45) is 0. The fourth-order valence-electron chi connectivity index (χ4n) is 1.42. The van der Waals surface area contributed by atoms with Crippen LogP contribution in [0.2, 0.25) is 10.0 Å². The van der Waals surface area contributed by atoms with Crippen LogP contribution in [0, 0.1) is 5.82 Å². The van der Waals surface area contributed by atoms with Gasteiger partial charge in [0, 0.05) is 5.69 Å². The number of thiocarbonyl (C=S) groups is 1. The van der Waals surface area contributed by atoms with Gasteiger partial charge in [-0.15, -0.1) is 0 Å². The van der Waals surface area contributed by atoms with Crippen molar-refractivity contribution in [2.24, 2.45) is 0 Å². The van der Waals surface area contributed by atoms with Gasteiger partial charge in [-0.05, 0) is 48.6 Å². The Morgan fingerprint density at radius 3 is 2.37 bits per heavy atom. The predicted octanol–water partition coefficient (Wildman–Crippen LogP) is 4.94. The Bertz CT molecular complexity index is 602. The molecule has 98 valence electrons. The fourth-order valence-corrected chi connectivity index (χ4v) is 1.99. The van der Waals surface area contributed by atoms with Gasteiger partial charge in [-0.3, -0.25) is 0 Å². The second-order valence-electron chi connectivity index (χ2n) is 3.69. The molecule has 0 fully saturated rings. The molecule has 0 saturated carbocycles. The largest absolute Gasteiger partial charge is 0.332 e. The van der Waals surface area contributed by atoms with Crippen LogP contribution in [0.1, 0.15) is 0 Å².